The van der Waals surface area contributed by atoms with Crippen LogP contribution in [0.15, 0.2) is 39.9 Å². The van der Waals surface area contributed by atoms with Gasteiger partial charge < -0.3 is 9.73 Å². The van der Waals surface area contributed by atoms with Gasteiger partial charge in [-0.15, -0.1) is 0 Å². The average Bonchev–Trinajstić information content (AvgIpc) is 3.02. The van der Waals surface area contributed by atoms with E-state index < -0.39 is 11.6 Å². The number of aryl methyl sites for hydroxylation is 1. The van der Waals surface area contributed by atoms with Gasteiger partial charge in [0.25, 0.3) is 0 Å². The number of rotatable bonds is 4. The van der Waals surface area contributed by atoms with Crippen molar-refractivity contribution in [3.63, 3.8) is 0 Å². The van der Waals surface area contributed by atoms with E-state index in [2.05, 4.69) is 15.3 Å². The maximum Gasteiger partial charge on any atom is 0.218 e. The van der Waals surface area contributed by atoms with Crippen LogP contribution in [0, 0.1) is 18.6 Å². The molecule has 0 unspecified atom stereocenters. The summed E-state index contributed by atoms with van der Waals surface area (Å²) < 4.78 is 34.2. The molecule has 0 aliphatic heterocycles. The molecule has 0 bridgehead atoms. The summed E-state index contributed by atoms with van der Waals surface area (Å²) in [6.45, 7) is 1.71. The van der Waals surface area contributed by atoms with Crippen LogP contribution in [0.3, 0.4) is 0 Å². The number of hydrogen-bond acceptors (Lipinski definition) is 4. The van der Waals surface area contributed by atoms with Crippen LogP contribution >= 0.6 is 0 Å². The number of pyridine rings is 1. The second-order valence-electron chi connectivity index (χ2n) is 5.42. The van der Waals surface area contributed by atoms with Crippen molar-refractivity contribution in [2.45, 2.75) is 6.92 Å². The third-order valence-corrected chi connectivity index (χ3v) is 3.98. The highest BCUT2D eigenvalue weighted by Crippen LogP contribution is 2.40. The Hall–Kier alpha value is -3.29. The Bertz CT molecular complexity index is 1010. The molecule has 0 radical (unpaired) electrons. The van der Waals surface area contributed by atoms with Gasteiger partial charge in [-0.05, 0) is 31.2 Å². The molecule has 1 aromatic carbocycles. The highest BCUT2D eigenvalue weighted by molar-refractivity contribution is 6.13. The Kier molecular flexibility index (Phi) is 4.66. The summed E-state index contributed by atoms with van der Waals surface area (Å²) in [7, 11) is 3.12. The van der Waals surface area contributed by atoms with Crippen molar-refractivity contribution in [2.75, 3.05) is 19.0 Å². The highest BCUT2D eigenvalue weighted by atomic mass is 19.2. The van der Waals surface area contributed by atoms with Crippen LogP contribution in [-0.2, 0) is 4.79 Å². The van der Waals surface area contributed by atoms with Crippen molar-refractivity contribution in [1.82, 2.24) is 10.3 Å². The number of benzene rings is 1. The number of carbonyl (C=O) groups excluding carboxylic acids is 1. The van der Waals surface area contributed by atoms with Gasteiger partial charge in [0.2, 0.25) is 6.41 Å². The van der Waals surface area contributed by atoms with Gasteiger partial charge >= 0.3 is 0 Å². The van der Waals surface area contributed by atoms with E-state index >= 15 is 0 Å². The minimum atomic E-state index is -1.10. The lowest BCUT2D eigenvalue weighted by Crippen LogP contribution is -2.23. The SMILES string of the molecule is C/N=C(/NC)c1oc2ccc(F)c(F)c2c1N(C=O)c1cccnc1C. The van der Waals surface area contributed by atoms with Gasteiger partial charge in [0.1, 0.15) is 11.3 Å². The van der Waals surface area contributed by atoms with E-state index in [0.717, 1.165) is 6.07 Å². The number of aromatic nitrogens is 1. The molecule has 2 heterocycles. The van der Waals surface area contributed by atoms with Crippen LogP contribution in [0.2, 0.25) is 0 Å². The van der Waals surface area contributed by atoms with E-state index in [9.17, 15) is 13.6 Å². The Morgan fingerprint density at radius 1 is 1.35 bits per heavy atom. The van der Waals surface area contributed by atoms with Gasteiger partial charge in [0.15, 0.2) is 23.2 Å². The zero-order valence-electron chi connectivity index (χ0n) is 14.4. The fraction of sp³-hybridized carbons (Fsp3) is 0.167. The molecule has 26 heavy (non-hydrogen) atoms. The van der Waals surface area contributed by atoms with Gasteiger partial charge in [0.05, 0.1) is 16.8 Å². The maximum absolute atomic E-state index is 14.6. The largest absolute Gasteiger partial charge is 0.450 e. The number of amidine groups is 1. The Labute approximate surface area is 148 Å². The number of amides is 1. The van der Waals surface area contributed by atoms with Crippen LogP contribution in [0.5, 0.6) is 0 Å². The second-order valence-corrected chi connectivity index (χ2v) is 5.42. The number of carbonyl (C=O) groups is 1. The molecule has 0 fully saturated rings. The van der Waals surface area contributed by atoms with Crippen LogP contribution in [0.4, 0.5) is 20.2 Å². The van der Waals surface area contributed by atoms with E-state index in [1.807, 2.05) is 0 Å². The lowest BCUT2D eigenvalue weighted by Gasteiger charge is -2.19. The number of anilines is 2. The maximum atomic E-state index is 14.6. The Balaban J connectivity index is 2.42. The molecule has 3 rings (SSSR count). The molecule has 1 N–H and O–H groups in total. The molecule has 0 saturated heterocycles. The van der Waals surface area contributed by atoms with Crippen LogP contribution in [0.1, 0.15) is 11.5 Å². The minimum Gasteiger partial charge on any atom is -0.450 e. The molecule has 3 aromatic rings. The molecule has 0 spiro atoms. The van der Waals surface area contributed by atoms with E-state index in [1.54, 1.807) is 32.3 Å². The quantitative estimate of drug-likeness (QED) is 0.441. The summed E-state index contributed by atoms with van der Waals surface area (Å²) in [6, 6.07) is 5.57. The third-order valence-electron chi connectivity index (χ3n) is 3.98. The van der Waals surface area contributed by atoms with Gasteiger partial charge in [-0.25, -0.2) is 8.78 Å². The summed E-state index contributed by atoms with van der Waals surface area (Å²) in [5.41, 5.74) is 1.11. The van der Waals surface area contributed by atoms with E-state index in [0.29, 0.717) is 17.8 Å². The fourth-order valence-electron chi connectivity index (χ4n) is 2.79. The number of hydrogen-bond donors (Lipinski definition) is 1. The molecule has 134 valence electrons. The zero-order chi connectivity index (χ0) is 18.8. The number of halogens is 2. The predicted octanol–water partition coefficient (Wildman–Crippen LogP) is 3.30. The first-order chi connectivity index (χ1) is 12.5. The summed E-state index contributed by atoms with van der Waals surface area (Å²) in [5.74, 6) is -1.75. The summed E-state index contributed by atoms with van der Waals surface area (Å²) in [4.78, 5) is 21.3. The molecular weight excluding hydrogens is 342 g/mol. The molecule has 6 nitrogen and oxygen atoms in total. The molecule has 0 atom stereocenters. The first kappa shape index (κ1) is 17.5. The lowest BCUT2D eigenvalue weighted by molar-refractivity contribution is -0.106. The Morgan fingerprint density at radius 3 is 2.73 bits per heavy atom. The normalized spacial score (nSPS) is 11.7. The van der Waals surface area contributed by atoms with E-state index in [1.165, 1.54) is 18.0 Å². The highest BCUT2D eigenvalue weighted by Gasteiger charge is 2.28. The van der Waals surface area contributed by atoms with Crippen molar-refractivity contribution in [3.8, 4) is 0 Å². The molecule has 1 amide bonds. The fourth-order valence-corrected chi connectivity index (χ4v) is 2.79. The van der Waals surface area contributed by atoms with Crippen molar-refractivity contribution in [1.29, 1.82) is 0 Å². The Morgan fingerprint density at radius 2 is 2.12 bits per heavy atom. The topological polar surface area (TPSA) is 70.7 Å². The number of nitrogens with zero attached hydrogens (tertiary/aromatic N) is 3. The molecule has 0 saturated carbocycles. The lowest BCUT2D eigenvalue weighted by atomic mass is 10.1. The zero-order valence-corrected chi connectivity index (χ0v) is 14.4. The van der Waals surface area contributed by atoms with Crippen molar-refractivity contribution >= 4 is 34.6 Å². The standard InChI is InChI=1S/C18H16F2N4O2/c1-10-12(5-4-8-23-10)24(9-25)16-14-13(7-6-11(19)15(14)20)26-17(16)18(21-2)22-3/h4-9H,1-3H3,(H,21,22). The first-order valence-electron chi connectivity index (χ1n) is 7.75. The van der Waals surface area contributed by atoms with E-state index in [-0.39, 0.29) is 28.3 Å². The monoisotopic (exact) mass is 358 g/mol. The van der Waals surface area contributed by atoms with Gasteiger partial charge in [-0.3, -0.25) is 19.7 Å². The van der Waals surface area contributed by atoms with Crippen molar-refractivity contribution < 1.29 is 18.0 Å². The summed E-state index contributed by atoms with van der Waals surface area (Å²) in [5, 5.41) is 2.68. The first-order valence-corrected chi connectivity index (χ1v) is 7.75. The molecule has 0 aliphatic carbocycles. The van der Waals surface area contributed by atoms with Gasteiger partial charge in [0, 0.05) is 20.3 Å². The average molecular weight is 358 g/mol. The summed E-state index contributed by atoms with van der Waals surface area (Å²) in [6.07, 6.45) is 2.08. The van der Waals surface area contributed by atoms with Crippen molar-refractivity contribution in [3.05, 3.63) is 53.6 Å². The van der Waals surface area contributed by atoms with Crippen molar-refractivity contribution in [2.24, 2.45) is 4.99 Å². The number of furan rings is 1. The molecule has 8 heteroatoms. The predicted molar refractivity (Wildman–Crippen MR) is 94.8 cm³/mol. The van der Waals surface area contributed by atoms with E-state index in [4.69, 9.17) is 4.42 Å². The summed E-state index contributed by atoms with van der Waals surface area (Å²) >= 11 is 0. The van der Waals surface area contributed by atoms with Crippen LogP contribution in [0.25, 0.3) is 11.0 Å². The number of aliphatic imine (C=N–C) groups is 1. The van der Waals surface area contributed by atoms with Gasteiger partial charge in [-0.2, -0.15) is 0 Å². The second kappa shape index (κ2) is 6.91. The van der Waals surface area contributed by atoms with Crippen LogP contribution < -0.4 is 10.2 Å². The van der Waals surface area contributed by atoms with Gasteiger partial charge in [-0.1, -0.05) is 0 Å². The molecular formula is C18H16F2N4O2. The number of fused-ring (bicyclic) bond motifs is 1. The van der Waals surface area contributed by atoms with Crippen LogP contribution in [-0.4, -0.2) is 31.3 Å². The third kappa shape index (κ3) is 2.69. The molecule has 0 aliphatic rings. The smallest absolute Gasteiger partial charge is 0.218 e. The minimum absolute atomic E-state index is 0.0538. The molecule has 2 aromatic heterocycles. The number of nitrogens with one attached hydrogen (secondary N) is 1.